The van der Waals surface area contributed by atoms with Crippen LogP contribution < -0.4 is 5.32 Å². The highest BCUT2D eigenvalue weighted by Gasteiger charge is 2.17. The lowest BCUT2D eigenvalue weighted by molar-refractivity contribution is -0.116. The maximum Gasteiger partial charge on any atom is 0.260 e. The van der Waals surface area contributed by atoms with Gasteiger partial charge in [0.05, 0.1) is 11.3 Å². The Bertz CT molecular complexity index is 949. The van der Waals surface area contributed by atoms with Crippen LogP contribution in [0.2, 0.25) is 5.02 Å². The topological polar surface area (TPSA) is 68.0 Å². The number of carbonyl (C=O) groups excluding carboxylic acids is 1. The second kappa shape index (κ2) is 9.02. The number of nitrogens with one attached hydrogen (secondary N) is 1. The first-order chi connectivity index (χ1) is 13.4. The van der Waals surface area contributed by atoms with Crippen LogP contribution in [0.3, 0.4) is 0 Å². The largest absolute Gasteiger partial charge is 0.334 e. The van der Waals surface area contributed by atoms with Crippen LogP contribution >= 0.6 is 11.6 Å². The van der Waals surface area contributed by atoms with E-state index in [4.69, 9.17) is 16.1 Å². The Morgan fingerprint density at radius 3 is 2.61 bits per heavy atom. The average molecular weight is 398 g/mol. The molecule has 0 atom stereocenters. The summed E-state index contributed by atoms with van der Waals surface area (Å²) in [5.41, 5.74) is 3.58. The number of hydrogen-bond donors (Lipinski definition) is 1. The van der Waals surface area contributed by atoms with Crippen LogP contribution in [-0.2, 0) is 11.2 Å². The lowest BCUT2D eigenvalue weighted by atomic mass is 10.1. The molecule has 1 N–H and O–H groups in total. The van der Waals surface area contributed by atoms with E-state index in [1.165, 1.54) is 5.56 Å². The molecule has 28 heavy (non-hydrogen) atoms. The van der Waals surface area contributed by atoms with Gasteiger partial charge in [-0.3, -0.25) is 4.79 Å². The SMILES string of the molecule is Cc1cccc(-c2nc(C(C)C)no2)c1NC(=O)CCCc1ccc(Cl)cc1. The van der Waals surface area contributed by atoms with E-state index >= 15 is 0 Å². The Kier molecular flexibility index (Phi) is 6.47. The van der Waals surface area contributed by atoms with Crippen molar-refractivity contribution in [2.45, 2.75) is 46.0 Å². The Morgan fingerprint density at radius 2 is 1.93 bits per heavy atom. The summed E-state index contributed by atoms with van der Waals surface area (Å²) in [5.74, 6) is 1.21. The molecule has 1 heterocycles. The highest BCUT2D eigenvalue weighted by atomic mass is 35.5. The number of aryl methyl sites for hydroxylation is 2. The van der Waals surface area contributed by atoms with E-state index in [0.717, 1.165) is 34.7 Å². The van der Waals surface area contributed by atoms with Crippen molar-refractivity contribution in [2.75, 3.05) is 5.32 Å². The van der Waals surface area contributed by atoms with E-state index in [9.17, 15) is 4.79 Å². The van der Waals surface area contributed by atoms with E-state index in [-0.39, 0.29) is 11.8 Å². The van der Waals surface area contributed by atoms with Crippen molar-refractivity contribution in [2.24, 2.45) is 0 Å². The molecular formula is C22H24ClN3O2. The van der Waals surface area contributed by atoms with E-state index < -0.39 is 0 Å². The summed E-state index contributed by atoms with van der Waals surface area (Å²) in [6, 6.07) is 13.5. The standard InChI is InChI=1S/C22H24ClN3O2/c1-14(2)21-25-22(28-26-21)18-8-4-6-15(3)20(18)24-19(27)9-5-7-16-10-12-17(23)13-11-16/h4,6,8,10-14H,5,7,9H2,1-3H3,(H,24,27). The molecule has 0 bridgehead atoms. The molecular weight excluding hydrogens is 374 g/mol. The normalized spacial score (nSPS) is 11.0. The zero-order chi connectivity index (χ0) is 20.1. The number of benzene rings is 2. The van der Waals surface area contributed by atoms with E-state index in [0.29, 0.717) is 18.1 Å². The molecule has 6 heteroatoms. The fourth-order valence-electron chi connectivity index (χ4n) is 2.90. The first kappa shape index (κ1) is 20.1. The van der Waals surface area contributed by atoms with Gasteiger partial charge in [0, 0.05) is 17.4 Å². The first-order valence-electron chi connectivity index (χ1n) is 9.42. The summed E-state index contributed by atoms with van der Waals surface area (Å²) in [4.78, 5) is 17.0. The molecule has 5 nitrogen and oxygen atoms in total. The van der Waals surface area contributed by atoms with Crippen molar-refractivity contribution in [3.05, 3.63) is 64.4 Å². The van der Waals surface area contributed by atoms with Crippen LogP contribution in [0.15, 0.2) is 47.0 Å². The summed E-state index contributed by atoms with van der Waals surface area (Å²) >= 11 is 5.90. The Labute approximate surface area is 170 Å². The van der Waals surface area contributed by atoms with Crippen molar-refractivity contribution in [3.8, 4) is 11.5 Å². The molecule has 2 aromatic carbocycles. The van der Waals surface area contributed by atoms with Crippen LogP contribution in [0.25, 0.3) is 11.5 Å². The minimum Gasteiger partial charge on any atom is -0.334 e. The van der Waals surface area contributed by atoms with Crippen LogP contribution in [0.4, 0.5) is 5.69 Å². The minimum atomic E-state index is -0.0342. The Balaban J connectivity index is 1.67. The van der Waals surface area contributed by atoms with Crippen LogP contribution in [0, 0.1) is 6.92 Å². The summed E-state index contributed by atoms with van der Waals surface area (Å²) < 4.78 is 5.41. The number of halogens is 1. The van der Waals surface area contributed by atoms with Crippen molar-refractivity contribution < 1.29 is 9.32 Å². The fourth-order valence-corrected chi connectivity index (χ4v) is 3.02. The van der Waals surface area contributed by atoms with Crippen molar-refractivity contribution in [3.63, 3.8) is 0 Å². The molecule has 0 spiro atoms. The van der Waals surface area contributed by atoms with E-state index in [1.807, 2.05) is 63.2 Å². The molecule has 0 saturated carbocycles. The van der Waals surface area contributed by atoms with Gasteiger partial charge in [0.25, 0.3) is 5.89 Å². The minimum absolute atomic E-state index is 0.0342. The third-order valence-electron chi connectivity index (χ3n) is 4.51. The van der Waals surface area contributed by atoms with Gasteiger partial charge in [0.2, 0.25) is 5.91 Å². The number of hydrogen-bond acceptors (Lipinski definition) is 4. The number of anilines is 1. The van der Waals surface area contributed by atoms with Gasteiger partial charge in [0.15, 0.2) is 5.82 Å². The molecule has 3 aromatic rings. The molecule has 0 saturated heterocycles. The molecule has 3 rings (SSSR count). The van der Waals surface area contributed by atoms with Gasteiger partial charge in [-0.2, -0.15) is 4.98 Å². The summed E-state index contributed by atoms with van der Waals surface area (Å²) in [7, 11) is 0. The quantitative estimate of drug-likeness (QED) is 0.548. The third-order valence-corrected chi connectivity index (χ3v) is 4.76. The molecule has 0 aliphatic heterocycles. The highest BCUT2D eigenvalue weighted by Crippen LogP contribution is 2.30. The Morgan fingerprint density at radius 1 is 1.18 bits per heavy atom. The number of aromatic nitrogens is 2. The summed E-state index contributed by atoms with van der Waals surface area (Å²) in [6.07, 6.45) is 2.01. The van der Waals surface area contributed by atoms with Crippen LogP contribution in [-0.4, -0.2) is 16.0 Å². The molecule has 0 radical (unpaired) electrons. The lowest BCUT2D eigenvalue weighted by Crippen LogP contribution is -2.13. The molecule has 0 aliphatic carbocycles. The maximum absolute atomic E-state index is 12.5. The second-order valence-electron chi connectivity index (χ2n) is 7.14. The highest BCUT2D eigenvalue weighted by molar-refractivity contribution is 6.30. The molecule has 1 aromatic heterocycles. The first-order valence-corrected chi connectivity index (χ1v) is 9.79. The van der Waals surface area contributed by atoms with Crippen LogP contribution in [0.5, 0.6) is 0 Å². The average Bonchev–Trinajstić information content (AvgIpc) is 3.15. The van der Waals surface area contributed by atoms with E-state index in [1.54, 1.807) is 0 Å². The number of amides is 1. The van der Waals surface area contributed by atoms with Crippen molar-refractivity contribution in [1.29, 1.82) is 0 Å². The number of carbonyl (C=O) groups is 1. The summed E-state index contributed by atoms with van der Waals surface area (Å²) in [6.45, 7) is 5.97. The molecule has 0 fully saturated rings. The van der Waals surface area contributed by atoms with Gasteiger partial charge in [-0.15, -0.1) is 0 Å². The molecule has 1 amide bonds. The van der Waals surface area contributed by atoms with Gasteiger partial charge in [-0.05, 0) is 49.1 Å². The molecule has 146 valence electrons. The number of rotatable bonds is 7. The predicted octanol–water partition coefficient (Wildman–Crippen LogP) is 5.78. The molecule has 0 aliphatic rings. The van der Waals surface area contributed by atoms with Gasteiger partial charge >= 0.3 is 0 Å². The van der Waals surface area contributed by atoms with Gasteiger partial charge in [-0.25, -0.2) is 0 Å². The fraction of sp³-hybridized carbons (Fsp3) is 0.318. The lowest BCUT2D eigenvalue weighted by Gasteiger charge is -2.12. The number of nitrogens with zero attached hydrogens (tertiary/aromatic N) is 2. The van der Waals surface area contributed by atoms with Crippen molar-refractivity contribution >= 4 is 23.2 Å². The number of para-hydroxylation sites is 1. The van der Waals surface area contributed by atoms with Crippen LogP contribution in [0.1, 0.15) is 49.6 Å². The monoisotopic (exact) mass is 397 g/mol. The molecule has 0 unspecified atom stereocenters. The zero-order valence-corrected chi connectivity index (χ0v) is 17.1. The van der Waals surface area contributed by atoms with Crippen molar-refractivity contribution in [1.82, 2.24) is 10.1 Å². The van der Waals surface area contributed by atoms with E-state index in [2.05, 4.69) is 15.5 Å². The van der Waals surface area contributed by atoms with Gasteiger partial charge < -0.3 is 9.84 Å². The summed E-state index contributed by atoms with van der Waals surface area (Å²) in [5, 5.41) is 7.76. The second-order valence-corrected chi connectivity index (χ2v) is 7.57. The predicted molar refractivity (Wildman–Crippen MR) is 112 cm³/mol. The maximum atomic E-state index is 12.5. The van der Waals surface area contributed by atoms with Gasteiger partial charge in [0.1, 0.15) is 0 Å². The smallest absolute Gasteiger partial charge is 0.260 e. The Hall–Kier alpha value is -2.66. The third kappa shape index (κ3) is 4.98. The zero-order valence-electron chi connectivity index (χ0n) is 16.3. The van der Waals surface area contributed by atoms with Gasteiger partial charge in [-0.1, -0.05) is 54.9 Å².